The third kappa shape index (κ3) is 3.44. The fraction of sp³-hybridized carbons (Fsp3) is 0.400. The summed E-state index contributed by atoms with van der Waals surface area (Å²) < 4.78 is 1.73. The van der Waals surface area contributed by atoms with Crippen molar-refractivity contribution in [2.24, 2.45) is 13.0 Å². The zero-order valence-corrected chi connectivity index (χ0v) is 13.6. The maximum atomic E-state index is 12.4. The van der Waals surface area contributed by atoms with E-state index in [0.29, 0.717) is 0 Å². The fourth-order valence-electron chi connectivity index (χ4n) is 2.19. The van der Waals surface area contributed by atoms with E-state index in [1.807, 2.05) is 38.4 Å². The monoisotopic (exact) mass is 304 g/mol. The number of nitrogens with zero attached hydrogens (tertiary/aromatic N) is 4. The summed E-state index contributed by atoms with van der Waals surface area (Å²) >= 11 is 1.68. The molecule has 0 fully saturated rings. The number of pyridine rings is 1. The SMILES string of the molecule is CSC[C@@H](C)C(=O)N(C)c1cc(-c2cccnc2)nn1C. The molecule has 0 aliphatic carbocycles. The van der Waals surface area contributed by atoms with E-state index in [4.69, 9.17) is 0 Å². The molecule has 0 bridgehead atoms. The third-order valence-corrected chi connectivity index (χ3v) is 4.16. The number of amides is 1. The van der Waals surface area contributed by atoms with Crippen LogP contribution < -0.4 is 4.90 Å². The van der Waals surface area contributed by atoms with Crippen LogP contribution >= 0.6 is 11.8 Å². The van der Waals surface area contributed by atoms with Gasteiger partial charge in [-0.05, 0) is 18.4 Å². The van der Waals surface area contributed by atoms with Crippen LogP contribution in [0, 0.1) is 5.92 Å². The van der Waals surface area contributed by atoms with E-state index >= 15 is 0 Å². The summed E-state index contributed by atoms with van der Waals surface area (Å²) in [5.74, 6) is 1.69. The Morgan fingerprint density at radius 1 is 1.52 bits per heavy atom. The van der Waals surface area contributed by atoms with Crippen LogP contribution in [0.1, 0.15) is 6.92 Å². The van der Waals surface area contributed by atoms with Crippen LogP contribution in [0.3, 0.4) is 0 Å². The molecule has 2 aromatic heterocycles. The first-order valence-electron chi connectivity index (χ1n) is 6.75. The molecule has 2 rings (SSSR count). The van der Waals surface area contributed by atoms with Gasteiger partial charge in [-0.15, -0.1) is 0 Å². The highest BCUT2D eigenvalue weighted by molar-refractivity contribution is 7.98. The smallest absolute Gasteiger partial charge is 0.231 e. The van der Waals surface area contributed by atoms with Crippen molar-refractivity contribution >= 4 is 23.5 Å². The lowest BCUT2D eigenvalue weighted by molar-refractivity contribution is -0.121. The zero-order valence-electron chi connectivity index (χ0n) is 12.8. The third-order valence-electron chi connectivity index (χ3n) is 3.32. The summed E-state index contributed by atoms with van der Waals surface area (Å²) in [7, 11) is 3.64. The maximum Gasteiger partial charge on any atom is 0.231 e. The second-order valence-electron chi connectivity index (χ2n) is 5.01. The summed E-state index contributed by atoms with van der Waals surface area (Å²) in [6.07, 6.45) is 5.51. The fourth-order valence-corrected chi connectivity index (χ4v) is 2.83. The van der Waals surface area contributed by atoms with Gasteiger partial charge in [-0.1, -0.05) is 6.92 Å². The molecule has 0 spiro atoms. The van der Waals surface area contributed by atoms with Gasteiger partial charge < -0.3 is 0 Å². The number of carbonyl (C=O) groups is 1. The Bertz CT molecular complexity index is 611. The molecular formula is C15H20N4OS. The van der Waals surface area contributed by atoms with Gasteiger partial charge in [0, 0.05) is 49.8 Å². The van der Waals surface area contributed by atoms with E-state index in [1.165, 1.54) is 0 Å². The molecule has 5 nitrogen and oxygen atoms in total. The standard InChI is InChI=1S/C15H20N4OS/c1-11(10-21-4)15(20)18(2)14-8-13(17-19(14)3)12-6-5-7-16-9-12/h5-9,11H,10H2,1-4H3/t11-/m1/s1. The molecule has 1 atom stereocenters. The molecule has 21 heavy (non-hydrogen) atoms. The van der Waals surface area contributed by atoms with Crippen molar-refractivity contribution in [2.75, 3.05) is 24.0 Å². The lowest BCUT2D eigenvalue weighted by Gasteiger charge is -2.20. The van der Waals surface area contributed by atoms with Crippen LogP contribution in [0.2, 0.25) is 0 Å². The molecule has 2 heterocycles. The van der Waals surface area contributed by atoms with Crippen molar-refractivity contribution in [2.45, 2.75) is 6.92 Å². The van der Waals surface area contributed by atoms with Gasteiger partial charge in [-0.25, -0.2) is 0 Å². The van der Waals surface area contributed by atoms with Crippen molar-refractivity contribution < 1.29 is 4.79 Å². The molecule has 1 amide bonds. The van der Waals surface area contributed by atoms with Gasteiger partial charge in [0.05, 0.1) is 5.69 Å². The first-order valence-corrected chi connectivity index (χ1v) is 8.15. The number of anilines is 1. The number of hydrogen-bond acceptors (Lipinski definition) is 4. The highest BCUT2D eigenvalue weighted by atomic mass is 32.2. The number of rotatable bonds is 5. The first kappa shape index (κ1) is 15.6. The number of aryl methyl sites for hydroxylation is 1. The van der Waals surface area contributed by atoms with Gasteiger partial charge in [0.2, 0.25) is 5.91 Å². The molecular weight excluding hydrogens is 284 g/mol. The summed E-state index contributed by atoms with van der Waals surface area (Å²) in [4.78, 5) is 18.2. The van der Waals surface area contributed by atoms with E-state index in [2.05, 4.69) is 10.1 Å². The number of aromatic nitrogens is 3. The molecule has 0 radical (unpaired) electrons. The molecule has 112 valence electrons. The van der Waals surface area contributed by atoms with E-state index in [9.17, 15) is 4.79 Å². The Morgan fingerprint density at radius 2 is 2.29 bits per heavy atom. The molecule has 6 heteroatoms. The number of thioether (sulfide) groups is 1. The van der Waals surface area contributed by atoms with E-state index in [1.54, 1.807) is 40.8 Å². The maximum absolute atomic E-state index is 12.4. The second-order valence-corrected chi connectivity index (χ2v) is 5.92. The first-order chi connectivity index (χ1) is 10.0. The molecule has 0 saturated carbocycles. The van der Waals surface area contributed by atoms with Crippen LogP contribution in [0.25, 0.3) is 11.3 Å². The van der Waals surface area contributed by atoms with E-state index in [-0.39, 0.29) is 11.8 Å². The Kier molecular flexibility index (Phi) is 5.01. The van der Waals surface area contributed by atoms with Gasteiger partial charge in [-0.3, -0.25) is 19.4 Å². The van der Waals surface area contributed by atoms with Crippen molar-refractivity contribution in [3.05, 3.63) is 30.6 Å². The summed E-state index contributed by atoms with van der Waals surface area (Å²) in [6, 6.07) is 5.75. The average Bonchev–Trinajstić information content (AvgIpc) is 2.89. The average molecular weight is 304 g/mol. The van der Waals surface area contributed by atoms with Gasteiger partial charge in [0.1, 0.15) is 5.82 Å². The van der Waals surface area contributed by atoms with Gasteiger partial charge >= 0.3 is 0 Å². The van der Waals surface area contributed by atoms with Crippen LogP contribution in [0.15, 0.2) is 30.6 Å². The minimum absolute atomic E-state index is 0.0123. The predicted molar refractivity (Wildman–Crippen MR) is 87.4 cm³/mol. The molecule has 0 aliphatic heterocycles. The van der Waals surface area contributed by atoms with Crippen molar-refractivity contribution in [1.29, 1.82) is 0 Å². The minimum atomic E-state index is -0.0123. The number of hydrogen-bond donors (Lipinski definition) is 0. The Hall–Kier alpha value is -1.82. The lowest BCUT2D eigenvalue weighted by Crippen LogP contribution is -2.33. The second kappa shape index (κ2) is 6.76. The van der Waals surface area contributed by atoms with Crippen LogP contribution in [-0.2, 0) is 11.8 Å². The summed E-state index contributed by atoms with van der Waals surface area (Å²) in [5, 5.41) is 4.47. The highest BCUT2D eigenvalue weighted by Gasteiger charge is 2.21. The van der Waals surface area contributed by atoms with Gasteiger partial charge in [0.15, 0.2) is 0 Å². The summed E-state index contributed by atoms with van der Waals surface area (Å²) in [6.45, 7) is 1.95. The van der Waals surface area contributed by atoms with Gasteiger partial charge in [-0.2, -0.15) is 16.9 Å². The Balaban J connectivity index is 2.25. The summed E-state index contributed by atoms with van der Waals surface area (Å²) in [5.41, 5.74) is 1.76. The van der Waals surface area contributed by atoms with Crippen LogP contribution in [0.4, 0.5) is 5.82 Å². The zero-order chi connectivity index (χ0) is 15.4. The van der Waals surface area contributed by atoms with Crippen molar-refractivity contribution in [3.63, 3.8) is 0 Å². The van der Waals surface area contributed by atoms with E-state index < -0.39 is 0 Å². The van der Waals surface area contributed by atoms with Gasteiger partial charge in [0.25, 0.3) is 0 Å². The van der Waals surface area contributed by atoms with Crippen LogP contribution in [0.5, 0.6) is 0 Å². The molecule has 0 saturated heterocycles. The largest absolute Gasteiger partial charge is 0.300 e. The normalized spacial score (nSPS) is 12.2. The molecule has 0 N–H and O–H groups in total. The molecule has 2 aromatic rings. The predicted octanol–water partition coefficient (Wildman–Crippen LogP) is 2.44. The van der Waals surface area contributed by atoms with Crippen molar-refractivity contribution in [1.82, 2.24) is 14.8 Å². The molecule has 0 unspecified atom stereocenters. The van der Waals surface area contributed by atoms with Crippen molar-refractivity contribution in [3.8, 4) is 11.3 Å². The molecule has 0 aliphatic rings. The number of carbonyl (C=O) groups excluding carboxylic acids is 1. The topological polar surface area (TPSA) is 51.0 Å². The molecule has 0 aromatic carbocycles. The Labute approximate surface area is 129 Å². The Morgan fingerprint density at radius 3 is 2.90 bits per heavy atom. The highest BCUT2D eigenvalue weighted by Crippen LogP contribution is 2.23. The van der Waals surface area contributed by atoms with E-state index in [0.717, 1.165) is 22.8 Å². The quantitative estimate of drug-likeness (QED) is 0.851. The van der Waals surface area contributed by atoms with Crippen LogP contribution in [-0.4, -0.2) is 39.7 Å². The lowest BCUT2D eigenvalue weighted by atomic mass is 10.2. The minimum Gasteiger partial charge on any atom is -0.300 e.